The van der Waals surface area contributed by atoms with Gasteiger partial charge in [0.25, 0.3) is 0 Å². The normalized spacial score (nSPS) is 29.8. The summed E-state index contributed by atoms with van der Waals surface area (Å²) in [5.41, 5.74) is 9.10. The van der Waals surface area contributed by atoms with Gasteiger partial charge in [0.05, 0.1) is 36.1 Å². The summed E-state index contributed by atoms with van der Waals surface area (Å²) in [5, 5.41) is 4.83. The average Bonchev–Trinajstić information content (AvgIpc) is 2.99. The van der Waals surface area contributed by atoms with Gasteiger partial charge in [-0.1, -0.05) is 12.1 Å². The number of pyridine rings is 1. The van der Waals surface area contributed by atoms with E-state index in [1.54, 1.807) is 5.06 Å². The minimum atomic E-state index is -3.19. The van der Waals surface area contributed by atoms with Crippen molar-refractivity contribution in [1.29, 1.82) is 0 Å². The van der Waals surface area contributed by atoms with Crippen LogP contribution in [0.1, 0.15) is 37.7 Å². The number of aryl methyl sites for hydroxylation is 1. The Bertz CT molecular complexity index is 1560. The second kappa shape index (κ2) is 10.8. The highest BCUT2D eigenvalue weighted by atomic mass is 32.2. The van der Waals surface area contributed by atoms with Crippen LogP contribution in [0.5, 0.6) is 0 Å². The van der Waals surface area contributed by atoms with Crippen LogP contribution in [0.25, 0.3) is 0 Å². The number of sulfonamides is 1. The monoisotopic (exact) mass is 623 g/mol. The van der Waals surface area contributed by atoms with Gasteiger partial charge in [-0.15, -0.1) is 0 Å². The van der Waals surface area contributed by atoms with Crippen molar-refractivity contribution in [2.75, 3.05) is 60.4 Å². The molecule has 4 saturated carbocycles. The average molecular weight is 624 g/mol. The van der Waals surface area contributed by atoms with E-state index in [0.29, 0.717) is 45.2 Å². The Balaban J connectivity index is 1.03. The molecule has 1 aromatic carbocycles. The van der Waals surface area contributed by atoms with Crippen molar-refractivity contribution < 1.29 is 22.8 Å². The third-order valence-corrected chi connectivity index (χ3v) is 11.9. The van der Waals surface area contributed by atoms with Crippen LogP contribution in [0.15, 0.2) is 36.5 Å². The number of aromatic nitrogens is 1. The molecule has 4 bridgehead atoms. The predicted octanol–water partition coefficient (Wildman–Crippen LogP) is 2.75. The Labute approximate surface area is 258 Å². The van der Waals surface area contributed by atoms with Crippen molar-refractivity contribution in [1.82, 2.24) is 14.6 Å². The van der Waals surface area contributed by atoms with E-state index in [1.807, 2.05) is 37.4 Å². The number of hydroxylamine groups is 1. The van der Waals surface area contributed by atoms with Crippen LogP contribution in [0.3, 0.4) is 0 Å². The van der Waals surface area contributed by atoms with Crippen molar-refractivity contribution in [3.8, 4) is 0 Å². The number of carbonyl (C=O) groups is 2. The summed E-state index contributed by atoms with van der Waals surface area (Å²) in [6.45, 7) is 5.21. The topological polar surface area (TPSA) is 141 Å². The maximum absolute atomic E-state index is 13.3. The highest BCUT2D eigenvalue weighted by molar-refractivity contribution is 7.88. The number of piperazine rings is 1. The molecule has 44 heavy (non-hydrogen) atoms. The Morgan fingerprint density at radius 2 is 1.68 bits per heavy atom. The van der Waals surface area contributed by atoms with Crippen LogP contribution < -0.4 is 25.9 Å². The van der Waals surface area contributed by atoms with Crippen LogP contribution in [-0.4, -0.2) is 81.3 Å². The van der Waals surface area contributed by atoms with E-state index in [9.17, 15) is 18.0 Å². The zero-order chi connectivity index (χ0) is 30.8. The first-order valence-corrected chi connectivity index (χ1v) is 17.4. The van der Waals surface area contributed by atoms with E-state index in [0.717, 1.165) is 60.5 Å². The van der Waals surface area contributed by atoms with Crippen LogP contribution >= 0.6 is 0 Å². The van der Waals surface area contributed by atoms with Gasteiger partial charge in [0.2, 0.25) is 15.9 Å². The lowest BCUT2D eigenvalue weighted by Crippen LogP contribution is -2.62. The molecule has 2 amide bonds. The van der Waals surface area contributed by atoms with Crippen LogP contribution in [-0.2, 0) is 19.7 Å². The van der Waals surface area contributed by atoms with Gasteiger partial charge in [0, 0.05) is 44.2 Å². The molecule has 2 aromatic rings. The van der Waals surface area contributed by atoms with Gasteiger partial charge in [-0.05, 0) is 80.5 Å². The first kappa shape index (κ1) is 29.1. The fraction of sp³-hybridized carbons (Fsp3) is 0.581. The van der Waals surface area contributed by atoms with Crippen LogP contribution in [0.2, 0.25) is 0 Å². The third kappa shape index (κ3) is 5.13. The molecule has 3 heterocycles. The number of nitrogens with two attached hydrogens (primary N) is 1. The highest BCUT2D eigenvalue weighted by Gasteiger charge is 2.58. The predicted molar refractivity (Wildman–Crippen MR) is 167 cm³/mol. The lowest BCUT2D eigenvalue weighted by molar-refractivity contribution is -0.145. The Hall–Kier alpha value is -3.58. The smallest absolute Gasteiger partial charge is 0.369 e. The van der Waals surface area contributed by atoms with Gasteiger partial charge in [-0.2, -0.15) is 4.31 Å². The van der Waals surface area contributed by atoms with Gasteiger partial charge < -0.3 is 25.7 Å². The zero-order valence-corrected chi connectivity index (χ0v) is 26.1. The van der Waals surface area contributed by atoms with E-state index in [4.69, 9.17) is 15.6 Å². The number of primary amides is 1. The van der Waals surface area contributed by atoms with Gasteiger partial charge >= 0.3 is 6.09 Å². The fourth-order valence-electron chi connectivity index (χ4n) is 8.76. The van der Waals surface area contributed by atoms with Crippen molar-refractivity contribution in [2.24, 2.45) is 28.9 Å². The Morgan fingerprint density at radius 1 is 1.00 bits per heavy atom. The molecule has 3 unspecified atom stereocenters. The summed E-state index contributed by atoms with van der Waals surface area (Å²) in [6.07, 6.45) is 7.10. The number of amides is 2. The van der Waals surface area contributed by atoms with E-state index < -0.39 is 21.5 Å². The SMILES string of the molecule is Cc1cc(N2CCN(S(C)(=O)=O)CC2)cnc1N1CCN(OC(=O)NC2[C@@H]3CC4C[C@H]2CC(C(N)=O)(C4)C3)c2ccccc21. The Kier molecular flexibility index (Phi) is 7.15. The molecule has 12 nitrogen and oxygen atoms in total. The quantitative estimate of drug-likeness (QED) is 0.497. The minimum absolute atomic E-state index is 0.00257. The molecule has 3 N–H and O–H groups in total. The zero-order valence-electron chi connectivity index (χ0n) is 25.3. The number of hydrogen-bond acceptors (Lipinski definition) is 9. The summed E-state index contributed by atoms with van der Waals surface area (Å²) in [5.74, 6) is 1.68. The van der Waals surface area contributed by atoms with Crippen LogP contribution in [0.4, 0.5) is 27.7 Å². The molecule has 5 fully saturated rings. The van der Waals surface area contributed by atoms with Crippen molar-refractivity contribution in [3.05, 3.63) is 42.1 Å². The van der Waals surface area contributed by atoms with E-state index >= 15 is 0 Å². The molecular formula is C31H41N7O5S. The number of fused-ring (bicyclic) bond motifs is 1. The van der Waals surface area contributed by atoms with Gasteiger partial charge in [-0.25, -0.2) is 23.3 Å². The fourth-order valence-corrected chi connectivity index (χ4v) is 9.59. The summed E-state index contributed by atoms with van der Waals surface area (Å²) in [7, 11) is -3.19. The summed E-state index contributed by atoms with van der Waals surface area (Å²) >= 11 is 0. The summed E-state index contributed by atoms with van der Waals surface area (Å²) in [6, 6.07) is 9.94. The van der Waals surface area contributed by atoms with Crippen molar-refractivity contribution >= 4 is 44.9 Å². The van der Waals surface area contributed by atoms with Crippen molar-refractivity contribution in [3.63, 3.8) is 0 Å². The lowest BCUT2D eigenvalue weighted by Gasteiger charge is -2.58. The molecule has 236 valence electrons. The molecule has 2 aliphatic heterocycles. The maximum atomic E-state index is 13.3. The maximum Gasteiger partial charge on any atom is 0.431 e. The second-order valence-corrected chi connectivity index (χ2v) is 15.4. The summed E-state index contributed by atoms with van der Waals surface area (Å²) < 4.78 is 25.3. The van der Waals surface area contributed by atoms with Gasteiger partial charge in [0.15, 0.2) is 0 Å². The molecule has 1 saturated heterocycles. The standard InChI is InChI=1S/C31H41N7O5S/c1-20-13-24(35-7-9-36(10-8-35)44(2,41)42)19-33-28(20)37-11-12-38(26-6-4-3-5-25(26)37)43-30(40)34-27-22-14-21-15-23(27)18-31(16-21,17-22)29(32)39/h3-6,13,19,21-23,27H,7-12,14-18H2,1-2H3,(H2,32,39)(H,34,40)/t21?,22-,23+,27?,31?. The molecule has 1 aromatic heterocycles. The number of carbonyl (C=O) groups excluding carboxylic acids is 2. The van der Waals surface area contributed by atoms with Crippen molar-refractivity contribution in [2.45, 2.75) is 45.1 Å². The van der Waals surface area contributed by atoms with Gasteiger partial charge in [-0.3, -0.25) is 4.79 Å². The molecule has 0 spiro atoms. The number of anilines is 4. The molecule has 0 radical (unpaired) electrons. The number of nitrogens with zero attached hydrogens (tertiary/aromatic N) is 5. The van der Waals surface area contributed by atoms with Crippen LogP contribution in [0, 0.1) is 30.1 Å². The summed E-state index contributed by atoms with van der Waals surface area (Å²) in [4.78, 5) is 40.7. The first-order valence-electron chi connectivity index (χ1n) is 15.6. The number of benzene rings is 1. The number of para-hydroxylation sites is 2. The number of rotatable bonds is 6. The lowest BCUT2D eigenvalue weighted by atomic mass is 9.47. The number of nitrogens with one attached hydrogen (secondary N) is 1. The molecule has 5 atom stereocenters. The highest BCUT2D eigenvalue weighted by Crippen LogP contribution is 2.60. The molecule has 4 aliphatic carbocycles. The van der Waals surface area contributed by atoms with E-state index in [-0.39, 0.29) is 23.8 Å². The molecule has 6 aliphatic rings. The third-order valence-electron chi connectivity index (χ3n) is 10.6. The largest absolute Gasteiger partial charge is 0.431 e. The minimum Gasteiger partial charge on any atom is -0.369 e. The first-order chi connectivity index (χ1) is 21.0. The number of hydrogen-bond donors (Lipinski definition) is 2. The molecule has 13 heteroatoms. The molecule has 8 rings (SSSR count). The van der Waals surface area contributed by atoms with E-state index in [2.05, 4.69) is 21.2 Å². The van der Waals surface area contributed by atoms with E-state index in [1.165, 1.54) is 10.6 Å². The second-order valence-electron chi connectivity index (χ2n) is 13.4. The Morgan fingerprint density at radius 3 is 2.32 bits per heavy atom. The van der Waals surface area contributed by atoms with Gasteiger partial charge in [0.1, 0.15) is 5.82 Å². The molecular weight excluding hydrogens is 582 g/mol.